The Morgan fingerprint density at radius 3 is 2.61 bits per heavy atom. The molecule has 0 radical (unpaired) electrons. The summed E-state index contributed by atoms with van der Waals surface area (Å²) in [5.74, 6) is -3.02. The van der Waals surface area contributed by atoms with Crippen molar-refractivity contribution in [2.24, 2.45) is 0 Å². The summed E-state index contributed by atoms with van der Waals surface area (Å²) in [6, 6.07) is 12.5. The van der Waals surface area contributed by atoms with E-state index in [4.69, 9.17) is 20.8 Å². The minimum absolute atomic E-state index is 0.133. The van der Waals surface area contributed by atoms with Crippen LogP contribution < -0.4 is 5.32 Å². The molecule has 0 fully saturated rings. The fourth-order valence-corrected chi connectivity index (χ4v) is 2.58. The highest BCUT2D eigenvalue weighted by Crippen LogP contribution is 2.29. The molecule has 1 aromatic heterocycles. The maximum Gasteiger partial charge on any atom is 0.375 e. The first kappa shape index (κ1) is 19.6. The van der Waals surface area contributed by atoms with E-state index in [1.54, 1.807) is 30.3 Å². The van der Waals surface area contributed by atoms with Crippen molar-refractivity contribution in [2.45, 2.75) is 13.0 Å². The van der Waals surface area contributed by atoms with Crippen LogP contribution in [0.25, 0.3) is 11.3 Å². The number of carbonyl (C=O) groups is 2. The number of furan rings is 1. The van der Waals surface area contributed by atoms with Gasteiger partial charge < -0.3 is 14.5 Å². The van der Waals surface area contributed by atoms with Crippen LogP contribution in [-0.4, -0.2) is 18.0 Å². The van der Waals surface area contributed by atoms with E-state index >= 15 is 0 Å². The Hall–Kier alpha value is -3.19. The Bertz CT molecular complexity index is 1030. The number of benzene rings is 2. The summed E-state index contributed by atoms with van der Waals surface area (Å²) in [6.45, 7) is 1.29. The number of esters is 1. The second-order valence-corrected chi connectivity index (χ2v) is 6.21. The molecule has 144 valence electrons. The lowest BCUT2D eigenvalue weighted by atomic mass is 10.2. The van der Waals surface area contributed by atoms with Gasteiger partial charge in [-0.2, -0.15) is 0 Å². The number of carbonyl (C=O) groups excluding carboxylic acids is 2. The molecule has 3 rings (SSSR count). The van der Waals surface area contributed by atoms with Gasteiger partial charge in [0.05, 0.1) is 10.7 Å². The van der Waals surface area contributed by atoms with Crippen molar-refractivity contribution in [3.05, 3.63) is 77.0 Å². The highest BCUT2D eigenvalue weighted by molar-refractivity contribution is 6.33. The largest absolute Gasteiger partial charge is 0.449 e. The normalized spacial score (nSPS) is 11.7. The number of amides is 1. The van der Waals surface area contributed by atoms with Gasteiger partial charge in [-0.1, -0.05) is 23.7 Å². The molecular formula is C20H14ClF2NO4. The molecule has 0 spiro atoms. The van der Waals surface area contributed by atoms with Crippen LogP contribution in [0.1, 0.15) is 17.5 Å². The third kappa shape index (κ3) is 4.37. The highest BCUT2D eigenvalue weighted by atomic mass is 35.5. The van der Waals surface area contributed by atoms with Gasteiger partial charge in [0.1, 0.15) is 17.4 Å². The van der Waals surface area contributed by atoms with Gasteiger partial charge in [-0.05, 0) is 43.3 Å². The molecule has 1 heterocycles. The first-order chi connectivity index (χ1) is 13.3. The SMILES string of the molecule is CC(OC(=O)c1ccc(-c2ccccc2Cl)o1)C(=O)Nc1cc(F)ccc1F. The smallest absolute Gasteiger partial charge is 0.375 e. The van der Waals surface area contributed by atoms with Crippen LogP contribution in [0.5, 0.6) is 0 Å². The molecule has 0 bridgehead atoms. The van der Waals surface area contributed by atoms with Crippen LogP contribution in [0.4, 0.5) is 14.5 Å². The Morgan fingerprint density at radius 2 is 1.86 bits per heavy atom. The Balaban J connectivity index is 1.66. The van der Waals surface area contributed by atoms with Gasteiger partial charge in [0, 0.05) is 11.6 Å². The third-order valence-corrected chi connectivity index (χ3v) is 4.12. The van der Waals surface area contributed by atoms with Gasteiger partial charge >= 0.3 is 5.97 Å². The second-order valence-electron chi connectivity index (χ2n) is 5.80. The summed E-state index contributed by atoms with van der Waals surface area (Å²) in [7, 11) is 0. The maximum absolute atomic E-state index is 13.6. The fraction of sp³-hybridized carbons (Fsp3) is 0.100. The molecule has 8 heteroatoms. The zero-order valence-corrected chi connectivity index (χ0v) is 15.3. The standard InChI is InChI=1S/C20H14ClF2NO4/c1-11(19(25)24-16-10-12(22)6-7-15(16)23)27-20(26)18-9-8-17(28-18)13-4-2-3-5-14(13)21/h2-11H,1H3,(H,24,25). The summed E-state index contributed by atoms with van der Waals surface area (Å²) in [6.07, 6.45) is -1.27. The van der Waals surface area contributed by atoms with Crippen molar-refractivity contribution in [2.75, 3.05) is 5.32 Å². The van der Waals surface area contributed by atoms with Crippen molar-refractivity contribution in [3.8, 4) is 11.3 Å². The average Bonchev–Trinajstić information content (AvgIpc) is 3.15. The molecule has 28 heavy (non-hydrogen) atoms. The van der Waals surface area contributed by atoms with Gasteiger partial charge in [0.25, 0.3) is 5.91 Å². The van der Waals surface area contributed by atoms with Gasteiger partial charge in [-0.15, -0.1) is 0 Å². The van der Waals surface area contributed by atoms with Crippen LogP contribution in [0, 0.1) is 11.6 Å². The van der Waals surface area contributed by atoms with Gasteiger partial charge in [-0.25, -0.2) is 13.6 Å². The van der Waals surface area contributed by atoms with Crippen LogP contribution in [-0.2, 0) is 9.53 Å². The van der Waals surface area contributed by atoms with Crippen molar-refractivity contribution in [1.29, 1.82) is 0 Å². The molecule has 5 nitrogen and oxygen atoms in total. The molecule has 1 atom stereocenters. The molecular weight excluding hydrogens is 392 g/mol. The van der Waals surface area contributed by atoms with Crippen molar-refractivity contribution in [3.63, 3.8) is 0 Å². The Morgan fingerprint density at radius 1 is 1.11 bits per heavy atom. The topological polar surface area (TPSA) is 68.5 Å². The quantitative estimate of drug-likeness (QED) is 0.602. The van der Waals surface area contributed by atoms with E-state index in [0.717, 1.165) is 18.2 Å². The van der Waals surface area contributed by atoms with E-state index in [-0.39, 0.29) is 11.4 Å². The molecule has 0 aliphatic carbocycles. The first-order valence-electron chi connectivity index (χ1n) is 8.17. The molecule has 1 N–H and O–H groups in total. The van der Waals surface area contributed by atoms with E-state index in [1.165, 1.54) is 13.0 Å². The van der Waals surface area contributed by atoms with Crippen LogP contribution in [0.3, 0.4) is 0 Å². The molecule has 0 saturated heterocycles. The summed E-state index contributed by atoms with van der Waals surface area (Å²) < 4.78 is 37.3. The third-order valence-electron chi connectivity index (χ3n) is 3.79. The van der Waals surface area contributed by atoms with Crippen molar-refractivity contribution in [1.82, 2.24) is 0 Å². The lowest BCUT2D eigenvalue weighted by Crippen LogP contribution is -2.30. The average molecular weight is 406 g/mol. The highest BCUT2D eigenvalue weighted by Gasteiger charge is 2.22. The lowest BCUT2D eigenvalue weighted by molar-refractivity contribution is -0.123. The molecule has 0 aliphatic heterocycles. The predicted octanol–water partition coefficient (Wildman–Crippen LogP) is 5.06. The number of halogens is 3. The van der Waals surface area contributed by atoms with E-state index in [9.17, 15) is 18.4 Å². The lowest BCUT2D eigenvalue weighted by Gasteiger charge is -2.13. The second kappa shape index (κ2) is 8.22. The summed E-state index contributed by atoms with van der Waals surface area (Å²) in [4.78, 5) is 24.3. The minimum Gasteiger partial charge on any atom is -0.449 e. The number of hydrogen-bond donors (Lipinski definition) is 1. The Labute approximate surface area is 163 Å². The molecule has 1 amide bonds. The number of nitrogens with one attached hydrogen (secondary N) is 1. The van der Waals surface area contributed by atoms with Gasteiger partial charge in [0.15, 0.2) is 6.10 Å². The molecule has 0 aliphatic rings. The van der Waals surface area contributed by atoms with E-state index < -0.39 is 29.6 Å². The summed E-state index contributed by atoms with van der Waals surface area (Å²) in [5, 5.41) is 2.61. The van der Waals surface area contributed by atoms with Gasteiger partial charge in [-0.3, -0.25) is 4.79 Å². The van der Waals surface area contributed by atoms with E-state index in [2.05, 4.69) is 5.32 Å². The van der Waals surface area contributed by atoms with Crippen LogP contribution in [0.2, 0.25) is 5.02 Å². The molecule has 3 aromatic rings. The number of rotatable bonds is 5. The van der Waals surface area contributed by atoms with Gasteiger partial charge in [0.2, 0.25) is 5.76 Å². The van der Waals surface area contributed by atoms with E-state index in [1.807, 2.05) is 0 Å². The minimum atomic E-state index is -1.27. The van der Waals surface area contributed by atoms with E-state index in [0.29, 0.717) is 16.3 Å². The zero-order chi connectivity index (χ0) is 20.3. The van der Waals surface area contributed by atoms with Crippen LogP contribution >= 0.6 is 11.6 Å². The maximum atomic E-state index is 13.6. The zero-order valence-electron chi connectivity index (χ0n) is 14.5. The van der Waals surface area contributed by atoms with Crippen molar-refractivity contribution >= 4 is 29.2 Å². The molecule has 2 aromatic carbocycles. The first-order valence-corrected chi connectivity index (χ1v) is 8.54. The number of anilines is 1. The number of ether oxygens (including phenoxy) is 1. The number of hydrogen-bond acceptors (Lipinski definition) is 4. The van der Waals surface area contributed by atoms with Crippen LogP contribution in [0.15, 0.2) is 59.0 Å². The molecule has 0 saturated carbocycles. The molecule has 1 unspecified atom stereocenters. The monoisotopic (exact) mass is 405 g/mol. The summed E-state index contributed by atoms with van der Waals surface area (Å²) in [5.41, 5.74) is 0.238. The fourth-order valence-electron chi connectivity index (χ4n) is 2.35. The summed E-state index contributed by atoms with van der Waals surface area (Å²) >= 11 is 6.09. The predicted molar refractivity (Wildman–Crippen MR) is 99.0 cm³/mol. The Kier molecular flexibility index (Phi) is 5.75. The van der Waals surface area contributed by atoms with Crippen molar-refractivity contribution < 1.29 is 27.5 Å².